The van der Waals surface area contributed by atoms with Crippen LogP contribution in [0.3, 0.4) is 0 Å². The Morgan fingerprint density at radius 3 is 2.72 bits per heavy atom. The molecule has 0 bridgehead atoms. The first-order chi connectivity index (χ1) is 12.1. The molecule has 1 saturated heterocycles. The highest BCUT2D eigenvalue weighted by Crippen LogP contribution is 2.15. The van der Waals surface area contributed by atoms with Crippen molar-refractivity contribution in [1.29, 1.82) is 0 Å². The number of rotatable bonds is 6. The number of hydrogen-bond acceptors (Lipinski definition) is 4. The molecule has 1 fully saturated rings. The average Bonchev–Trinajstić information content (AvgIpc) is 3.04. The lowest BCUT2D eigenvalue weighted by atomic mass is 10.1. The smallest absolute Gasteiger partial charge is 0.224 e. The van der Waals surface area contributed by atoms with E-state index in [0.29, 0.717) is 5.88 Å². The zero-order valence-electron chi connectivity index (χ0n) is 14.2. The molecule has 2 aromatic rings. The van der Waals surface area contributed by atoms with Crippen molar-refractivity contribution >= 4 is 5.91 Å². The van der Waals surface area contributed by atoms with Gasteiger partial charge in [0.2, 0.25) is 11.8 Å². The molecule has 1 N–H and O–H groups in total. The predicted octanol–water partition coefficient (Wildman–Crippen LogP) is 2.16. The highest BCUT2D eigenvalue weighted by Gasteiger charge is 2.23. The quantitative estimate of drug-likeness (QED) is 0.873. The number of aromatic nitrogens is 1. The van der Waals surface area contributed by atoms with Gasteiger partial charge >= 0.3 is 0 Å². The van der Waals surface area contributed by atoms with Gasteiger partial charge in [-0.05, 0) is 29.7 Å². The number of ether oxygens (including phenoxy) is 1. The average molecular weight is 343 g/mol. The first-order valence-electron chi connectivity index (χ1n) is 8.37. The summed E-state index contributed by atoms with van der Waals surface area (Å²) >= 11 is 0. The van der Waals surface area contributed by atoms with Crippen LogP contribution in [0.5, 0.6) is 5.88 Å². The molecule has 3 rings (SSSR count). The van der Waals surface area contributed by atoms with E-state index in [4.69, 9.17) is 4.74 Å². The van der Waals surface area contributed by atoms with Gasteiger partial charge in [0.05, 0.1) is 13.5 Å². The SMILES string of the molecule is COc1ccc(CN2CC[C@H](NC(=O)Cc3ccc(F)cc3)C2)cn1. The number of pyridine rings is 1. The minimum Gasteiger partial charge on any atom is -0.481 e. The zero-order valence-corrected chi connectivity index (χ0v) is 14.2. The molecule has 132 valence electrons. The van der Waals surface area contributed by atoms with Crippen LogP contribution in [0.1, 0.15) is 17.5 Å². The molecule has 5 nitrogen and oxygen atoms in total. The fourth-order valence-electron chi connectivity index (χ4n) is 3.04. The van der Waals surface area contributed by atoms with Crippen molar-refractivity contribution < 1.29 is 13.9 Å². The molecule has 1 aromatic carbocycles. The Hall–Kier alpha value is -2.47. The molecule has 1 aliphatic rings. The van der Waals surface area contributed by atoms with Crippen molar-refractivity contribution in [3.05, 3.63) is 59.5 Å². The molecule has 0 radical (unpaired) electrons. The Balaban J connectivity index is 1.45. The molecule has 0 spiro atoms. The van der Waals surface area contributed by atoms with E-state index in [-0.39, 0.29) is 24.2 Å². The standard InChI is InChI=1S/C19H22FN3O2/c1-25-19-7-4-15(11-21-19)12-23-9-8-17(13-23)22-18(24)10-14-2-5-16(20)6-3-14/h2-7,11,17H,8-10,12-13H2,1H3,(H,22,24)/t17-/m0/s1. The lowest BCUT2D eigenvalue weighted by Gasteiger charge is -2.17. The highest BCUT2D eigenvalue weighted by atomic mass is 19.1. The second-order valence-electron chi connectivity index (χ2n) is 6.30. The Bertz CT molecular complexity index is 704. The van der Waals surface area contributed by atoms with Crippen molar-refractivity contribution in [2.75, 3.05) is 20.2 Å². The molecule has 25 heavy (non-hydrogen) atoms. The first-order valence-corrected chi connectivity index (χ1v) is 8.37. The molecular weight excluding hydrogens is 321 g/mol. The Labute approximate surface area is 146 Å². The maximum absolute atomic E-state index is 12.9. The van der Waals surface area contributed by atoms with Gasteiger partial charge < -0.3 is 10.1 Å². The van der Waals surface area contributed by atoms with Gasteiger partial charge in [0, 0.05) is 37.9 Å². The summed E-state index contributed by atoms with van der Waals surface area (Å²) in [6.45, 7) is 2.57. The van der Waals surface area contributed by atoms with Crippen LogP contribution in [-0.4, -0.2) is 42.0 Å². The van der Waals surface area contributed by atoms with E-state index in [1.165, 1.54) is 12.1 Å². The van der Waals surface area contributed by atoms with Gasteiger partial charge in [0.25, 0.3) is 0 Å². The van der Waals surface area contributed by atoms with Crippen LogP contribution in [0, 0.1) is 5.82 Å². The summed E-state index contributed by atoms with van der Waals surface area (Å²) in [5.41, 5.74) is 1.94. The molecular formula is C19H22FN3O2. The second kappa shape index (κ2) is 8.07. The number of methoxy groups -OCH3 is 1. The number of likely N-dealkylation sites (tertiary alicyclic amines) is 1. The van der Waals surface area contributed by atoms with E-state index in [2.05, 4.69) is 15.2 Å². The van der Waals surface area contributed by atoms with Gasteiger partial charge in [0.1, 0.15) is 5.82 Å². The molecule has 1 atom stereocenters. The van der Waals surface area contributed by atoms with Crippen molar-refractivity contribution in [2.24, 2.45) is 0 Å². The van der Waals surface area contributed by atoms with E-state index in [0.717, 1.165) is 37.2 Å². The van der Waals surface area contributed by atoms with Crippen molar-refractivity contribution in [3.8, 4) is 5.88 Å². The number of carbonyl (C=O) groups excluding carboxylic acids is 1. The Morgan fingerprint density at radius 1 is 1.28 bits per heavy atom. The minimum atomic E-state index is -0.288. The molecule has 1 amide bonds. The summed E-state index contributed by atoms with van der Waals surface area (Å²) < 4.78 is 18.0. The van der Waals surface area contributed by atoms with Crippen LogP contribution in [-0.2, 0) is 17.8 Å². The monoisotopic (exact) mass is 343 g/mol. The normalized spacial score (nSPS) is 17.4. The summed E-state index contributed by atoms with van der Waals surface area (Å²) in [5, 5.41) is 3.07. The van der Waals surface area contributed by atoms with Crippen molar-refractivity contribution in [2.45, 2.75) is 25.4 Å². The molecule has 0 saturated carbocycles. The van der Waals surface area contributed by atoms with E-state index < -0.39 is 0 Å². The van der Waals surface area contributed by atoms with E-state index in [1.54, 1.807) is 19.2 Å². The third-order valence-electron chi connectivity index (χ3n) is 4.33. The predicted molar refractivity (Wildman–Crippen MR) is 92.7 cm³/mol. The van der Waals surface area contributed by atoms with Crippen LogP contribution >= 0.6 is 0 Å². The van der Waals surface area contributed by atoms with Gasteiger partial charge in [0.15, 0.2) is 0 Å². The van der Waals surface area contributed by atoms with Crippen LogP contribution in [0.4, 0.5) is 4.39 Å². The van der Waals surface area contributed by atoms with Crippen LogP contribution in [0.2, 0.25) is 0 Å². The van der Waals surface area contributed by atoms with Crippen molar-refractivity contribution in [1.82, 2.24) is 15.2 Å². The van der Waals surface area contributed by atoms with Crippen LogP contribution in [0.15, 0.2) is 42.6 Å². The molecule has 0 aliphatic carbocycles. The van der Waals surface area contributed by atoms with E-state index in [9.17, 15) is 9.18 Å². The minimum absolute atomic E-state index is 0.0235. The van der Waals surface area contributed by atoms with Crippen LogP contribution in [0.25, 0.3) is 0 Å². The topological polar surface area (TPSA) is 54.5 Å². The maximum atomic E-state index is 12.9. The lowest BCUT2D eigenvalue weighted by molar-refractivity contribution is -0.121. The third kappa shape index (κ3) is 5.00. The fraction of sp³-hybridized carbons (Fsp3) is 0.368. The number of carbonyl (C=O) groups is 1. The molecule has 2 heterocycles. The highest BCUT2D eigenvalue weighted by molar-refractivity contribution is 5.78. The van der Waals surface area contributed by atoms with Crippen LogP contribution < -0.4 is 10.1 Å². The van der Waals surface area contributed by atoms with Gasteiger partial charge in [-0.2, -0.15) is 0 Å². The summed E-state index contributed by atoms with van der Waals surface area (Å²) in [5.74, 6) is 0.296. The molecule has 0 unspecified atom stereocenters. The number of nitrogens with zero attached hydrogens (tertiary/aromatic N) is 2. The number of nitrogens with one attached hydrogen (secondary N) is 1. The molecule has 6 heteroatoms. The van der Waals surface area contributed by atoms with E-state index >= 15 is 0 Å². The molecule has 1 aromatic heterocycles. The Morgan fingerprint density at radius 2 is 2.04 bits per heavy atom. The summed E-state index contributed by atoms with van der Waals surface area (Å²) in [6.07, 6.45) is 3.02. The summed E-state index contributed by atoms with van der Waals surface area (Å²) in [6, 6.07) is 10.1. The maximum Gasteiger partial charge on any atom is 0.224 e. The van der Waals surface area contributed by atoms with E-state index in [1.807, 2.05) is 18.3 Å². The molecule has 1 aliphatic heterocycles. The van der Waals surface area contributed by atoms with Gasteiger partial charge in [-0.1, -0.05) is 18.2 Å². The van der Waals surface area contributed by atoms with Gasteiger partial charge in [-0.25, -0.2) is 9.37 Å². The number of halogens is 1. The number of benzene rings is 1. The van der Waals surface area contributed by atoms with Gasteiger partial charge in [-0.3, -0.25) is 9.69 Å². The second-order valence-corrected chi connectivity index (χ2v) is 6.30. The van der Waals surface area contributed by atoms with Crippen molar-refractivity contribution in [3.63, 3.8) is 0 Å². The zero-order chi connectivity index (χ0) is 17.6. The van der Waals surface area contributed by atoms with Gasteiger partial charge in [-0.15, -0.1) is 0 Å². The summed E-state index contributed by atoms with van der Waals surface area (Å²) in [7, 11) is 1.60. The first kappa shape index (κ1) is 17.4. The fourth-order valence-corrected chi connectivity index (χ4v) is 3.04. The third-order valence-corrected chi connectivity index (χ3v) is 4.33. The summed E-state index contributed by atoms with van der Waals surface area (Å²) in [4.78, 5) is 18.7. The number of hydrogen-bond donors (Lipinski definition) is 1. The number of amides is 1. The largest absolute Gasteiger partial charge is 0.481 e. The lowest BCUT2D eigenvalue weighted by Crippen LogP contribution is -2.37. The Kier molecular flexibility index (Phi) is 5.60.